The van der Waals surface area contributed by atoms with Gasteiger partial charge in [-0.1, -0.05) is 11.6 Å². The van der Waals surface area contributed by atoms with Gasteiger partial charge in [-0.2, -0.15) is 0 Å². The summed E-state index contributed by atoms with van der Waals surface area (Å²) in [5.41, 5.74) is 0.798. The SMILES string of the molecule is O=[N+]([O-])c1ccc(COC2CCNCC2)c(Cl)c1. The normalized spacial score (nSPS) is 16.7. The molecule has 0 bridgehead atoms. The minimum atomic E-state index is -0.455. The minimum Gasteiger partial charge on any atom is -0.373 e. The van der Waals surface area contributed by atoms with Crippen molar-refractivity contribution in [3.8, 4) is 0 Å². The van der Waals surface area contributed by atoms with E-state index in [9.17, 15) is 10.1 Å². The van der Waals surface area contributed by atoms with Crippen LogP contribution >= 0.6 is 11.6 Å². The first-order valence-electron chi connectivity index (χ1n) is 5.92. The number of non-ortho nitro benzene ring substituents is 1. The highest BCUT2D eigenvalue weighted by Crippen LogP contribution is 2.24. The Morgan fingerprint density at radius 1 is 1.44 bits per heavy atom. The van der Waals surface area contributed by atoms with E-state index in [-0.39, 0.29) is 11.8 Å². The number of nitro benzene ring substituents is 1. The monoisotopic (exact) mass is 270 g/mol. The smallest absolute Gasteiger partial charge is 0.270 e. The van der Waals surface area contributed by atoms with E-state index < -0.39 is 4.92 Å². The Kier molecular flexibility index (Phi) is 4.52. The summed E-state index contributed by atoms with van der Waals surface area (Å²) in [4.78, 5) is 10.1. The molecule has 0 atom stereocenters. The molecule has 1 fully saturated rings. The van der Waals surface area contributed by atoms with Gasteiger partial charge in [0.25, 0.3) is 5.69 Å². The van der Waals surface area contributed by atoms with Gasteiger partial charge < -0.3 is 10.1 Å². The Hall–Kier alpha value is -1.17. The van der Waals surface area contributed by atoms with Crippen LogP contribution in [0.5, 0.6) is 0 Å². The molecule has 18 heavy (non-hydrogen) atoms. The van der Waals surface area contributed by atoms with Gasteiger partial charge in [0.2, 0.25) is 0 Å². The van der Waals surface area contributed by atoms with E-state index in [0.29, 0.717) is 11.6 Å². The zero-order valence-corrected chi connectivity index (χ0v) is 10.7. The largest absolute Gasteiger partial charge is 0.373 e. The number of nitrogens with one attached hydrogen (secondary N) is 1. The zero-order valence-electron chi connectivity index (χ0n) is 9.89. The molecule has 6 heteroatoms. The molecule has 5 nitrogen and oxygen atoms in total. The summed E-state index contributed by atoms with van der Waals surface area (Å²) in [6.45, 7) is 2.35. The summed E-state index contributed by atoms with van der Waals surface area (Å²) in [6.07, 6.45) is 2.23. The summed E-state index contributed by atoms with van der Waals surface area (Å²) in [6, 6.07) is 4.47. The lowest BCUT2D eigenvalue weighted by atomic mass is 10.1. The average molecular weight is 271 g/mol. The highest BCUT2D eigenvalue weighted by molar-refractivity contribution is 6.31. The Balaban J connectivity index is 1.94. The van der Waals surface area contributed by atoms with Gasteiger partial charge in [-0.05, 0) is 37.6 Å². The molecule has 0 unspecified atom stereocenters. The number of nitrogens with zero attached hydrogens (tertiary/aromatic N) is 1. The average Bonchev–Trinajstić information content (AvgIpc) is 2.38. The third-order valence-electron chi connectivity index (χ3n) is 3.01. The first kappa shape index (κ1) is 13.3. The van der Waals surface area contributed by atoms with E-state index >= 15 is 0 Å². The van der Waals surface area contributed by atoms with E-state index in [4.69, 9.17) is 16.3 Å². The molecule has 2 rings (SSSR count). The molecule has 1 heterocycles. The lowest BCUT2D eigenvalue weighted by Gasteiger charge is -2.23. The molecule has 1 saturated heterocycles. The van der Waals surface area contributed by atoms with E-state index in [1.165, 1.54) is 12.1 Å². The number of benzene rings is 1. The third-order valence-corrected chi connectivity index (χ3v) is 3.36. The molecule has 0 aliphatic carbocycles. The molecule has 1 aliphatic rings. The Morgan fingerprint density at radius 3 is 2.78 bits per heavy atom. The molecule has 1 aromatic carbocycles. The lowest BCUT2D eigenvalue weighted by Crippen LogP contribution is -2.32. The standard InChI is InChI=1S/C12H15ClN2O3/c13-12-7-10(15(16)17)2-1-9(12)8-18-11-3-5-14-6-4-11/h1-2,7,11,14H,3-6,8H2. The predicted octanol–water partition coefficient (Wildman–Crippen LogP) is 2.52. The van der Waals surface area contributed by atoms with Gasteiger partial charge in [-0.15, -0.1) is 0 Å². The van der Waals surface area contributed by atoms with Crippen molar-refractivity contribution >= 4 is 17.3 Å². The molecule has 98 valence electrons. The summed E-state index contributed by atoms with van der Waals surface area (Å²) in [7, 11) is 0. The second-order valence-electron chi connectivity index (χ2n) is 4.29. The molecular weight excluding hydrogens is 256 g/mol. The van der Waals surface area contributed by atoms with E-state index in [1.807, 2.05) is 0 Å². The van der Waals surface area contributed by atoms with Crippen molar-refractivity contribution < 1.29 is 9.66 Å². The van der Waals surface area contributed by atoms with Crippen LogP contribution < -0.4 is 5.32 Å². The maximum atomic E-state index is 10.6. The van der Waals surface area contributed by atoms with Gasteiger partial charge in [-0.3, -0.25) is 10.1 Å². The lowest BCUT2D eigenvalue weighted by molar-refractivity contribution is -0.384. The van der Waals surface area contributed by atoms with Crippen LogP contribution in [-0.4, -0.2) is 24.1 Å². The van der Waals surface area contributed by atoms with Gasteiger partial charge in [0.05, 0.1) is 22.7 Å². The van der Waals surface area contributed by atoms with Crippen molar-refractivity contribution in [1.82, 2.24) is 5.32 Å². The molecule has 0 spiro atoms. The number of hydrogen-bond donors (Lipinski definition) is 1. The highest BCUT2D eigenvalue weighted by Gasteiger charge is 2.15. The van der Waals surface area contributed by atoms with Crippen LogP contribution in [0.25, 0.3) is 0 Å². The van der Waals surface area contributed by atoms with Crippen LogP contribution in [0.4, 0.5) is 5.69 Å². The Bertz CT molecular complexity index is 433. The van der Waals surface area contributed by atoms with Crippen LogP contribution in [0.3, 0.4) is 0 Å². The minimum absolute atomic E-state index is 0.00520. The number of hydrogen-bond acceptors (Lipinski definition) is 4. The number of nitro groups is 1. The maximum absolute atomic E-state index is 10.6. The summed E-state index contributed by atoms with van der Waals surface area (Å²) in [5, 5.41) is 14.2. The molecule has 0 amide bonds. The van der Waals surface area contributed by atoms with Crippen molar-refractivity contribution in [3.63, 3.8) is 0 Å². The van der Waals surface area contributed by atoms with Crippen LogP contribution in [-0.2, 0) is 11.3 Å². The first-order valence-corrected chi connectivity index (χ1v) is 6.30. The van der Waals surface area contributed by atoms with Gasteiger partial charge in [0, 0.05) is 12.1 Å². The molecule has 0 radical (unpaired) electrons. The second-order valence-corrected chi connectivity index (χ2v) is 4.70. The summed E-state index contributed by atoms with van der Waals surface area (Å²) in [5.74, 6) is 0. The number of rotatable bonds is 4. The van der Waals surface area contributed by atoms with Crippen LogP contribution in [0.2, 0.25) is 5.02 Å². The van der Waals surface area contributed by atoms with Gasteiger partial charge in [0.15, 0.2) is 0 Å². The van der Waals surface area contributed by atoms with Crippen LogP contribution in [0.15, 0.2) is 18.2 Å². The molecule has 1 aromatic rings. The predicted molar refractivity (Wildman–Crippen MR) is 68.8 cm³/mol. The zero-order chi connectivity index (χ0) is 13.0. The molecule has 1 N–H and O–H groups in total. The van der Waals surface area contributed by atoms with Crippen molar-refractivity contribution in [2.24, 2.45) is 0 Å². The quantitative estimate of drug-likeness (QED) is 0.674. The topological polar surface area (TPSA) is 64.4 Å². The Morgan fingerprint density at radius 2 is 2.17 bits per heavy atom. The number of ether oxygens (including phenoxy) is 1. The molecular formula is C12H15ClN2O3. The molecule has 0 saturated carbocycles. The second kappa shape index (κ2) is 6.13. The van der Waals surface area contributed by atoms with Gasteiger partial charge in [-0.25, -0.2) is 0 Å². The molecule has 1 aliphatic heterocycles. The first-order chi connectivity index (χ1) is 8.66. The summed E-state index contributed by atoms with van der Waals surface area (Å²) >= 11 is 5.99. The Labute approximate surface area is 110 Å². The van der Waals surface area contributed by atoms with Gasteiger partial charge in [0.1, 0.15) is 0 Å². The van der Waals surface area contributed by atoms with E-state index in [2.05, 4.69) is 5.32 Å². The van der Waals surface area contributed by atoms with Crippen molar-refractivity contribution in [2.75, 3.05) is 13.1 Å². The highest BCUT2D eigenvalue weighted by atomic mass is 35.5. The third kappa shape index (κ3) is 3.41. The van der Waals surface area contributed by atoms with Crippen molar-refractivity contribution in [1.29, 1.82) is 0 Å². The number of halogens is 1. The fraction of sp³-hybridized carbons (Fsp3) is 0.500. The van der Waals surface area contributed by atoms with Crippen molar-refractivity contribution in [3.05, 3.63) is 38.9 Å². The van der Waals surface area contributed by atoms with E-state index in [1.54, 1.807) is 6.07 Å². The maximum Gasteiger partial charge on any atom is 0.270 e. The number of piperidine rings is 1. The molecule has 0 aromatic heterocycles. The van der Waals surface area contributed by atoms with Gasteiger partial charge >= 0.3 is 0 Å². The van der Waals surface area contributed by atoms with Crippen molar-refractivity contribution in [2.45, 2.75) is 25.6 Å². The van der Waals surface area contributed by atoms with Crippen LogP contribution in [0, 0.1) is 10.1 Å². The van der Waals surface area contributed by atoms with E-state index in [0.717, 1.165) is 31.5 Å². The fourth-order valence-corrected chi connectivity index (χ4v) is 2.17. The fourth-order valence-electron chi connectivity index (χ4n) is 1.94. The van der Waals surface area contributed by atoms with Crippen LogP contribution in [0.1, 0.15) is 18.4 Å². The summed E-state index contributed by atoms with van der Waals surface area (Å²) < 4.78 is 5.76.